The van der Waals surface area contributed by atoms with Gasteiger partial charge in [-0.05, 0) is 23.1 Å². The van der Waals surface area contributed by atoms with Crippen LogP contribution >= 0.6 is 0 Å². The number of unbranched alkanes of at least 4 members (excludes halogenated alkanes) is 12. The van der Waals surface area contributed by atoms with Crippen molar-refractivity contribution >= 4 is 5.97 Å². The third-order valence-electron chi connectivity index (χ3n) is 8.43. The van der Waals surface area contributed by atoms with E-state index in [-0.39, 0.29) is 12.6 Å². The number of rotatable bonds is 27. The summed E-state index contributed by atoms with van der Waals surface area (Å²) < 4.78 is 23.5. The first-order valence-electron chi connectivity index (χ1n) is 17.9. The Morgan fingerprint density at radius 3 is 1.28 bits per heavy atom. The van der Waals surface area contributed by atoms with Crippen molar-refractivity contribution in [1.29, 1.82) is 0 Å². The maximum atomic E-state index is 12.0. The van der Waals surface area contributed by atoms with E-state index < -0.39 is 5.60 Å². The van der Waals surface area contributed by atoms with Gasteiger partial charge in [-0.3, -0.25) is 4.79 Å². The van der Waals surface area contributed by atoms with Crippen molar-refractivity contribution in [3.63, 3.8) is 0 Å². The minimum atomic E-state index is -0.750. The Balaban J connectivity index is 1.22. The van der Waals surface area contributed by atoms with Gasteiger partial charge in [0.1, 0.15) is 12.2 Å². The van der Waals surface area contributed by atoms with E-state index in [1.54, 1.807) is 0 Å². The predicted molar refractivity (Wildman–Crippen MR) is 188 cm³/mol. The topological polar surface area (TPSA) is 54.0 Å². The van der Waals surface area contributed by atoms with Crippen molar-refractivity contribution in [3.05, 3.63) is 108 Å². The Kier molecular flexibility index (Phi) is 19.7. The second-order valence-corrected chi connectivity index (χ2v) is 12.1. The minimum Gasteiger partial charge on any atom is -0.463 e. The number of ether oxygens (including phenoxy) is 4. The quantitative estimate of drug-likeness (QED) is 0.0477. The third-order valence-corrected chi connectivity index (χ3v) is 8.43. The molecule has 0 saturated carbocycles. The molecule has 0 bridgehead atoms. The summed E-state index contributed by atoms with van der Waals surface area (Å²) >= 11 is 0. The van der Waals surface area contributed by atoms with Gasteiger partial charge in [-0.1, -0.05) is 175 Å². The fourth-order valence-corrected chi connectivity index (χ4v) is 5.92. The van der Waals surface area contributed by atoms with E-state index in [4.69, 9.17) is 18.9 Å². The lowest BCUT2D eigenvalue weighted by Crippen LogP contribution is -2.34. The number of carbonyl (C=O) groups is 1. The zero-order valence-corrected chi connectivity index (χ0v) is 28.3. The zero-order chi connectivity index (χ0) is 32.4. The summed E-state index contributed by atoms with van der Waals surface area (Å²) in [6.45, 7) is 4.67. The maximum absolute atomic E-state index is 12.0. The Labute approximate surface area is 279 Å². The second kappa shape index (κ2) is 24.2. The molecular formula is C41H58O5. The first kappa shape index (κ1) is 37.5. The van der Waals surface area contributed by atoms with E-state index >= 15 is 0 Å². The van der Waals surface area contributed by atoms with Gasteiger partial charge in [-0.25, -0.2) is 0 Å². The normalized spacial score (nSPS) is 11.5. The molecule has 3 rings (SSSR count). The van der Waals surface area contributed by atoms with E-state index in [1.807, 2.05) is 54.6 Å². The van der Waals surface area contributed by atoms with Gasteiger partial charge in [0, 0.05) is 6.42 Å². The third kappa shape index (κ3) is 14.2. The Morgan fingerprint density at radius 2 is 0.848 bits per heavy atom. The molecule has 3 aromatic carbocycles. The minimum absolute atomic E-state index is 0.126. The van der Waals surface area contributed by atoms with Crippen molar-refractivity contribution in [2.45, 2.75) is 102 Å². The summed E-state index contributed by atoms with van der Waals surface area (Å²) in [4.78, 5) is 12.0. The summed E-state index contributed by atoms with van der Waals surface area (Å²) in [6.07, 6.45) is 17.4. The molecule has 5 heteroatoms. The molecule has 0 atom stereocenters. The first-order chi connectivity index (χ1) is 22.8. The highest BCUT2D eigenvalue weighted by atomic mass is 16.6. The van der Waals surface area contributed by atoms with Crippen LogP contribution in [0.15, 0.2) is 91.0 Å². The second-order valence-electron chi connectivity index (χ2n) is 12.1. The molecule has 0 aliphatic carbocycles. The molecule has 46 heavy (non-hydrogen) atoms. The van der Waals surface area contributed by atoms with E-state index in [2.05, 4.69) is 43.3 Å². The summed E-state index contributed by atoms with van der Waals surface area (Å²) in [6, 6.07) is 31.0. The molecule has 0 heterocycles. The van der Waals surface area contributed by atoms with Gasteiger partial charge in [0.2, 0.25) is 0 Å². The summed E-state index contributed by atoms with van der Waals surface area (Å²) in [7, 11) is 0. The van der Waals surface area contributed by atoms with Crippen LogP contribution in [-0.4, -0.2) is 45.6 Å². The van der Waals surface area contributed by atoms with Crippen LogP contribution in [0.4, 0.5) is 0 Å². The molecule has 5 nitrogen and oxygen atoms in total. The van der Waals surface area contributed by atoms with Crippen LogP contribution in [0.1, 0.15) is 114 Å². The van der Waals surface area contributed by atoms with Crippen LogP contribution < -0.4 is 0 Å². The van der Waals surface area contributed by atoms with Gasteiger partial charge >= 0.3 is 5.97 Å². The Bertz CT molecular complexity index is 1040. The fourth-order valence-electron chi connectivity index (χ4n) is 5.92. The van der Waals surface area contributed by atoms with Crippen LogP contribution in [0, 0.1) is 0 Å². The molecule has 3 aromatic rings. The number of esters is 1. The average Bonchev–Trinajstić information content (AvgIpc) is 3.10. The molecular weight excluding hydrogens is 572 g/mol. The monoisotopic (exact) mass is 630 g/mol. The van der Waals surface area contributed by atoms with Gasteiger partial charge in [0.15, 0.2) is 0 Å². The number of hydrogen-bond acceptors (Lipinski definition) is 5. The van der Waals surface area contributed by atoms with Crippen LogP contribution in [0.2, 0.25) is 0 Å². The van der Waals surface area contributed by atoms with Gasteiger partial charge in [-0.2, -0.15) is 0 Å². The SMILES string of the molecule is CCCCCCCCCCCCCCCC(=O)OCCOCCOCCOC(c1ccccc1)(c1ccccc1)c1ccccc1. The van der Waals surface area contributed by atoms with Gasteiger partial charge in [0.05, 0.1) is 33.0 Å². The molecule has 0 radical (unpaired) electrons. The van der Waals surface area contributed by atoms with Crippen LogP contribution in [0.5, 0.6) is 0 Å². The van der Waals surface area contributed by atoms with Crippen LogP contribution in [0.3, 0.4) is 0 Å². The average molecular weight is 631 g/mol. The summed E-state index contributed by atoms with van der Waals surface area (Å²) in [5.74, 6) is -0.126. The zero-order valence-electron chi connectivity index (χ0n) is 28.3. The molecule has 0 saturated heterocycles. The van der Waals surface area contributed by atoms with Gasteiger partial charge in [-0.15, -0.1) is 0 Å². The van der Waals surface area contributed by atoms with Gasteiger partial charge < -0.3 is 18.9 Å². The number of benzene rings is 3. The van der Waals surface area contributed by atoms with Crippen LogP contribution in [0.25, 0.3) is 0 Å². The predicted octanol–water partition coefficient (Wildman–Crippen LogP) is 10.1. The molecule has 0 unspecified atom stereocenters. The highest BCUT2D eigenvalue weighted by molar-refractivity contribution is 5.69. The molecule has 0 amide bonds. The molecule has 0 fully saturated rings. The molecule has 0 spiro atoms. The fraction of sp³-hybridized carbons (Fsp3) is 0.537. The molecule has 0 aliphatic heterocycles. The number of hydrogen-bond donors (Lipinski definition) is 0. The molecule has 0 aliphatic rings. The van der Waals surface area contributed by atoms with Crippen molar-refractivity contribution in [1.82, 2.24) is 0 Å². The highest BCUT2D eigenvalue weighted by Crippen LogP contribution is 2.40. The lowest BCUT2D eigenvalue weighted by atomic mass is 9.80. The van der Waals surface area contributed by atoms with Crippen molar-refractivity contribution in [2.24, 2.45) is 0 Å². The van der Waals surface area contributed by atoms with Crippen molar-refractivity contribution in [3.8, 4) is 0 Å². The van der Waals surface area contributed by atoms with E-state index in [1.165, 1.54) is 70.6 Å². The maximum Gasteiger partial charge on any atom is 0.305 e. The van der Waals surface area contributed by atoms with E-state index in [9.17, 15) is 4.79 Å². The molecule has 0 N–H and O–H groups in total. The first-order valence-corrected chi connectivity index (χ1v) is 17.9. The largest absolute Gasteiger partial charge is 0.463 e. The Morgan fingerprint density at radius 1 is 0.478 bits per heavy atom. The lowest BCUT2D eigenvalue weighted by molar-refractivity contribution is -0.145. The van der Waals surface area contributed by atoms with E-state index in [0.29, 0.717) is 39.5 Å². The standard InChI is InChI=1S/C41H58O5/c1-2-3-4-5-6-7-8-9-10-11-12-13-23-30-40(42)45-35-33-43-31-32-44-34-36-46-41(37-24-17-14-18-25-37,38-26-19-15-20-27-38)39-28-21-16-22-29-39/h14-22,24-29H,2-13,23,30-36H2,1H3. The van der Waals surface area contributed by atoms with Crippen molar-refractivity contribution < 1.29 is 23.7 Å². The number of carbonyl (C=O) groups excluding carboxylic acids is 1. The lowest BCUT2D eigenvalue weighted by Gasteiger charge is -2.36. The summed E-state index contributed by atoms with van der Waals surface area (Å²) in [5, 5.41) is 0. The smallest absolute Gasteiger partial charge is 0.305 e. The molecule has 0 aromatic heterocycles. The van der Waals surface area contributed by atoms with Crippen LogP contribution in [-0.2, 0) is 29.3 Å². The van der Waals surface area contributed by atoms with E-state index in [0.717, 1.165) is 29.5 Å². The van der Waals surface area contributed by atoms with Crippen molar-refractivity contribution in [2.75, 3.05) is 39.6 Å². The highest BCUT2D eigenvalue weighted by Gasteiger charge is 2.37. The molecule has 252 valence electrons. The van der Waals surface area contributed by atoms with Gasteiger partial charge in [0.25, 0.3) is 0 Å². The Hall–Kier alpha value is -2.99. The summed E-state index contributed by atoms with van der Waals surface area (Å²) in [5.41, 5.74) is 2.46.